The number of aromatic nitrogens is 1. The van der Waals surface area contributed by atoms with Crippen molar-refractivity contribution in [2.24, 2.45) is 5.92 Å². The third-order valence-electron chi connectivity index (χ3n) is 5.58. The summed E-state index contributed by atoms with van der Waals surface area (Å²) in [6, 6.07) is 4.50. The van der Waals surface area contributed by atoms with Gasteiger partial charge in [-0.25, -0.2) is 9.36 Å². The predicted octanol–water partition coefficient (Wildman–Crippen LogP) is 3.94. The number of rotatable bonds is 6. The molecule has 1 saturated carbocycles. The van der Waals surface area contributed by atoms with Crippen molar-refractivity contribution in [3.8, 4) is 5.75 Å². The maximum absolute atomic E-state index is 12.9. The second-order valence-corrected chi connectivity index (χ2v) is 9.39. The van der Waals surface area contributed by atoms with Crippen LogP contribution in [-0.4, -0.2) is 24.2 Å². The Kier molecular flexibility index (Phi) is 7.66. The molecule has 1 unspecified atom stereocenters. The van der Waals surface area contributed by atoms with E-state index in [0.29, 0.717) is 23.2 Å². The minimum atomic E-state index is -3.15. The van der Waals surface area contributed by atoms with E-state index in [1.165, 1.54) is 6.07 Å². The standard InChI is InChI=1S/C25H29F2NO5/c1-25(2,3)33-21(29)13-16-5-4-6-17(8-7-16)14-28-12-11-18-9-10-19(23(30)31)22(20(18)15-28)32-24(26)27/h9-13,15,17,24H,4-8,14H2,1-3H3/b16-13-. The van der Waals surface area contributed by atoms with Gasteiger partial charge in [0.2, 0.25) is 0 Å². The summed E-state index contributed by atoms with van der Waals surface area (Å²) in [4.78, 5) is 23.5. The molecule has 1 aromatic heterocycles. The molecule has 2 aromatic rings. The van der Waals surface area contributed by atoms with Crippen LogP contribution < -0.4 is 14.4 Å². The van der Waals surface area contributed by atoms with Gasteiger partial charge in [0.05, 0.1) is 11.4 Å². The summed E-state index contributed by atoms with van der Waals surface area (Å²) in [7, 11) is 0. The predicted molar refractivity (Wildman–Crippen MR) is 116 cm³/mol. The van der Waals surface area contributed by atoms with E-state index in [1.807, 2.05) is 31.5 Å². The van der Waals surface area contributed by atoms with Crippen LogP contribution in [-0.2, 0) is 16.1 Å². The highest BCUT2D eigenvalue weighted by atomic mass is 19.3. The van der Waals surface area contributed by atoms with Crippen LogP contribution in [0.2, 0.25) is 0 Å². The summed E-state index contributed by atoms with van der Waals surface area (Å²) in [5, 5.41) is 12.3. The average molecular weight is 462 g/mol. The molecule has 0 bridgehead atoms. The SMILES string of the molecule is CC(C)(C)OC(=O)/C=C1/CCCC(C[n+]2ccc3ccc(C(=O)[O-])c(OC(F)F)c3c2)CC1. The Morgan fingerprint density at radius 2 is 1.97 bits per heavy atom. The first-order valence-electron chi connectivity index (χ1n) is 11.1. The van der Waals surface area contributed by atoms with E-state index >= 15 is 0 Å². The smallest absolute Gasteiger partial charge is 0.387 e. The van der Waals surface area contributed by atoms with E-state index in [4.69, 9.17) is 4.74 Å². The molecular weight excluding hydrogens is 432 g/mol. The van der Waals surface area contributed by atoms with Crippen LogP contribution in [0.4, 0.5) is 8.78 Å². The highest BCUT2D eigenvalue weighted by Crippen LogP contribution is 2.31. The lowest BCUT2D eigenvalue weighted by atomic mass is 9.99. The van der Waals surface area contributed by atoms with E-state index in [0.717, 1.165) is 37.7 Å². The van der Waals surface area contributed by atoms with Gasteiger partial charge in [0.25, 0.3) is 0 Å². The van der Waals surface area contributed by atoms with Crippen molar-refractivity contribution in [1.29, 1.82) is 0 Å². The Hall–Kier alpha value is -3.03. The number of hydrogen-bond donors (Lipinski definition) is 0. The molecule has 6 nitrogen and oxygen atoms in total. The Labute approximate surface area is 191 Å². The highest BCUT2D eigenvalue weighted by Gasteiger charge is 2.22. The molecule has 33 heavy (non-hydrogen) atoms. The van der Waals surface area contributed by atoms with E-state index in [9.17, 15) is 23.5 Å². The number of fused-ring (bicyclic) bond motifs is 1. The minimum Gasteiger partial charge on any atom is -0.545 e. The van der Waals surface area contributed by atoms with Crippen LogP contribution in [0.25, 0.3) is 10.8 Å². The number of esters is 1. The molecular formula is C25H29F2NO5. The van der Waals surface area contributed by atoms with Gasteiger partial charge in [0, 0.05) is 23.6 Å². The summed E-state index contributed by atoms with van der Waals surface area (Å²) in [6.07, 6.45) is 9.47. The normalized spacial score (nSPS) is 18.4. The quantitative estimate of drug-likeness (QED) is 0.282. The number of carbonyl (C=O) groups is 2. The molecule has 1 fully saturated rings. The lowest BCUT2D eigenvalue weighted by Gasteiger charge is -2.18. The molecule has 8 heteroatoms. The van der Waals surface area contributed by atoms with E-state index < -0.39 is 23.7 Å². The summed E-state index contributed by atoms with van der Waals surface area (Å²) in [6.45, 7) is 2.99. The summed E-state index contributed by atoms with van der Waals surface area (Å²) in [5.41, 5.74) is 0.130. The van der Waals surface area contributed by atoms with Gasteiger partial charge < -0.3 is 19.4 Å². The van der Waals surface area contributed by atoms with Gasteiger partial charge in [0.1, 0.15) is 11.4 Å². The summed E-state index contributed by atoms with van der Waals surface area (Å²) >= 11 is 0. The first-order valence-corrected chi connectivity index (χ1v) is 11.1. The monoisotopic (exact) mass is 461 g/mol. The topological polar surface area (TPSA) is 79.5 Å². The number of hydrogen-bond acceptors (Lipinski definition) is 5. The lowest BCUT2D eigenvalue weighted by Crippen LogP contribution is -2.37. The highest BCUT2D eigenvalue weighted by molar-refractivity contribution is 5.99. The van der Waals surface area contributed by atoms with Crippen LogP contribution in [0.1, 0.15) is 63.2 Å². The van der Waals surface area contributed by atoms with Crippen LogP contribution in [0.15, 0.2) is 42.2 Å². The molecule has 178 valence electrons. The molecule has 1 aliphatic carbocycles. The zero-order valence-corrected chi connectivity index (χ0v) is 19.1. The molecule has 1 aliphatic rings. The maximum atomic E-state index is 12.9. The molecule has 0 aliphatic heterocycles. The van der Waals surface area contributed by atoms with E-state index in [-0.39, 0.29) is 11.7 Å². The molecule has 0 saturated heterocycles. The first kappa shape index (κ1) is 24.6. The average Bonchev–Trinajstić information content (AvgIpc) is 2.91. The lowest BCUT2D eigenvalue weighted by molar-refractivity contribution is -0.702. The van der Waals surface area contributed by atoms with Gasteiger partial charge in [-0.2, -0.15) is 8.78 Å². The number of aromatic carboxylic acids is 1. The number of ether oxygens (including phenoxy) is 2. The molecule has 3 rings (SSSR count). The maximum Gasteiger partial charge on any atom is 0.387 e. The molecule has 1 heterocycles. The number of alkyl halides is 2. The fraction of sp³-hybridized carbons (Fsp3) is 0.480. The Bertz CT molecular complexity index is 1060. The van der Waals surface area contributed by atoms with Gasteiger partial charge in [-0.05, 0) is 64.3 Å². The Morgan fingerprint density at radius 3 is 2.64 bits per heavy atom. The van der Waals surface area contributed by atoms with Crippen molar-refractivity contribution in [3.05, 3.63) is 47.8 Å². The molecule has 1 aromatic carbocycles. The number of halogens is 2. The van der Waals surface area contributed by atoms with Gasteiger partial charge in [-0.1, -0.05) is 11.6 Å². The number of carbonyl (C=O) groups excluding carboxylic acids is 2. The van der Waals surface area contributed by atoms with Crippen LogP contribution in [0.5, 0.6) is 5.75 Å². The third-order valence-corrected chi connectivity index (χ3v) is 5.58. The number of pyridine rings is 1. The van der Waals surface area contributed by atoms with Gasteiger partial charge >= 0.3 is 12.6 Å². The second kappa shape index (κ2) is 10.3. The molecule has 0 amide bonds. The number of allylic oxidation sites excluding steroid dienone is 1. The van der Waals surface area contributed by atoms with Crippen LogP contribution >= 0.6 is 0 Å². The van der Waals surface area contributed by atoms with Crippen molar-refractivity contribution in [2.45, 2.75) is 71.6 Å². The van der Waals surface area contributed by atoms with Gasteiger partial charge in [-0.3, -0.25) is 0 Å². The Balaban J connectivity index is 1.76. The van der Waals surface area contributed by atoms with E-state index in [1.54, 1.807) is 24.4 Å². The number of nitrogens with zero attached hydrogens (tertiary/aromatic N) is 1. The molecule has 0 N–H and O–H groups in total. The van der Waals surface area contributed by atoms with E-state index in [2.05, 4.69) is 4.74 Å². The zero-order chi connectivity index (χ0) is 24.2. The molecule has 0 radical (unpaired) electrons. The minimum absolute atomic E-state index is 0.290. The molecule has 1 atom stereocenters. The van der Waals surface area contributed by atoms with Crippen molar-refractivity contribution in [1.82, 2.24) is 0 Å². The fourth-order valence-electron chi connectivity index (χ4n) is 4.17. The van der Waals surface area contributed by atoms with Crippen molar-refractivity contribution >= 4 is 22.7 Å². The van der Waals surface area contributed by atoms with Crippen molar-refractivity contribution in [2.75, 3.05) is 0 Å². The third kappa shape index (κ3) is 6.97. The zero-order valence-electron chi connectivity index (χ0n) is 19.1. The first-order chi connectivity index (χ1) is 15.5. The number of benzene rings is 1. The summed E-state index contributed by atoms with van der Waals surface area (Å²) < 4.78 is 37.7. The number of carboxylic acid groups (broad SMARTS) is 1. The number of carboxylic acids is 1. The van der Waals surface area contributed by atoms with Crippen LogP contribution in [0, 0.1) is 5.92 Å². The van der Waals surface area contributed by atoms with Gasteiger partial charge in [0.15, 0.2) is 18.9 Å². The Morgan fingerprint density at radius 1 is 1.21 bits per heavy atom. The van der Waals surface area contributed by atoms with Crippen molar-refractivity contribution < 1.29 is 37.5 Å². The fourth-order valence-corrected chi connectivity index (χ4v) is 4.17. The summed E-state index contributed by atoms with van der Waals surface area (Å²) in [5.74, 6) is -1.97. The van der Waals surface area contributed by atoms with Crippen LogP contribution in [0.3, 0.4) is 0 Å². The largest absolute Gasteiger partial charge is 0.545 e. The van der Waals surface area contributed by atoms with Gasteiger partial charge in [-0.15, -0.1) is 0 Å². The second-order valence-electron chi connectivity index (χ2n) is 9.39. The molecule has 0 spiro atoms. The van der Waals surface area contributed by atoms with Crippen molar-refractivity contribution in [3.63, 3.8) is 0 Å².